The molecule has 1 heterocycles. The van der Waals surface area contributed by atoms with Crippen molar-refractivity contribution in [3.63, 3.8) is 0 Å². The van der Waals surface area contributed by atoms with E-state index in [1.165, 1.54) is 5.56 Å². The van der Waals surface area contributed by atoms with Crippen LogP contribution in [0.1, 0.15) is 32.8 Å². The highest BCUT2D eigenvalue weighted by Crippen LogP contribution is 2.35. The Morgan fingerprint density at radius 3 is 2.59 bits per heavy atom. The topological polar surface area (TPSA) is 46.6 Å². The first kappa shape index (κ1) is 17.1. The molecule has 0 amide bonds. The third-order valence-electron chi connectivity index (χ3n) is 3.63. The van der Waals surface area contributed by atoms with E-state index in [1.54, 1.807) is 0 Å². The molecule has 0 spiro atoms. The van der Waals surface area contributed by atoms with Gasteiger partial charge < -0.3 is 4.74 Å². The lowest BCUT2D eigenvalue weighted by Gasteiger charge is -2.21. The van der Waals surface area contributed by atoms with Crippen LogP contribution in [0.2, 0.25) is 0 Å². The summed E-state index contributed by atoms with van der Waals surface area (Å²) < 4.78 is 17.8. The highest BCUT2D eigenvalue weighted by Gasteiger charge is 2.42. The summed E-state index contributed by atoms with van der Waals surface area (Å²) in [7, 11) is -1.54. The zero-order chi connectivity index (χ0) is 16.2. The monoisotopic (exact) mass is 322 g/mol. The Labute approximate surface area is 133 Å². The SMILES string of the molecule is CC(C)(C)OC(=O)C1CCN(Cc2ccccc2)CC[P+]1=O. The molecular weight excluding hydrogens is 297 g/mol. The Bertz CT molecular complexity index is 524. The Balaban J connectivity index is 1.95. The average molecular weight is 322 g/mol. The van der Waals surface area contributed by atoms with Gasteiger partial charge in [0.05, 0.1) is 0 Å². The van der Waals surface area contributed by atoms with Crippen LogP contribution in [-0.2, 0) is 20.6 Å². The maximum atomic E-state index is 12.4. The van der Waals surface area contributed by atoms with Gasteiger partial charge in [0.1, 0.15) is 5.60 Å². The van der Waals surface area contributed by atoms with Crippen LogP contribution in [0.5, 0.6) is 0 Å². The van der Waals surface area contributed by atoms with Crippen molar-refractivity contribution >= 4 is 13.8 Å². The van der Waals surface area contributed by atoms with E-state index in [2.05, 4.69) is 17.0 Å². The number of hydrogen-bond acceptors (Lipinski definition) is 4. The van der Waals surface area contributed by atoms with Gasteiger partial charge in [-0.25, -0.2) is 4.79 Å². The Morgan fingerprint density at radius 2 is 1.95 bits per heavy atom. The normalized spacial score (nSPS) is 22.1. The Kier molecular flexibility index (Phi) is 5.71. The summed E-state index contributed by atoms with van der Waals surface area (Å²) in [4.78, 5) is 14.5. The van der Waals surface area contributed by atoms with Crippen molar-refractivity contribution in [2.45, 2.75) is 45.0 Å². The quantitative estimate of drug-likeness (QED) is 0.632. The Morgan fingerprint density at radius 1 is 1.27 bits per heavy atom. The van der Waals surface area contributed by atoms with Gasteiger partial charge in [-0.15, -0.1) is 0 Å². The van der Waals surface area contributed by atoms with E-state index in [-0.39, 0.29) is 5.97 Å². The molecule has 5 heteroatoms. The van der Waals surface area contributed by atoms with Gasteiger partial charge in [0.2, 0.25) is 0 Å². The van der Waals surface area contributed by atoms with E-state index in [0.717, 1.165) is 19.6 Å². The highest BCUT2D eigenvalue weighted by atomic mass is 31.1. The van der Waals surface area contributed by atoms with Crippen LogP contribution >= 0.6 is 7.80 Å². The van der Waals surface area contributed by atoms with E-state index in [4.69, 9.17) is 4.74 Å². The molecule has 1 aliphatic rings. The summed E-state index contributed by atoms with van der Waals surface area (Å²) in [5, 5.41) is 0. The van der Waals surface area contributed by atoms with E-state index in [9.17, 15) is 9.36 Å². The molecule has 1 aromatic rings. The largest absolute Gasteiger partial charge is 0.457 e. The molecule has 0 aromatic heterocycles. The molecular formula is C17H25NO3P+. The fourth-order valence-electron chi connectivity index (χ4n) is 2.56. The van der Waals surface area contributed by atoms with Crippen LogP contribution in [0.15, 0.2) is 30.3 Å². The molecule has 0 radical (unpaired) electrons. The molecule has 2 atom stereocenters. The summed E-state index contributed by atoms with van der Waals surface area (Å²) >= 11 is 0. The second-order valence-corrected chi connectivity index (χ2v) is 8.65. The third-order valence-corrected chi connectivity index (χ3v) is 5.44. The smallest absolute Gasteiger partial charge is 0.358 e. The molecule has 1 fully saturated rings. The minimum Gasteiger partial charge on any atom is -0.457 e. The molecule has 0 bridgehead atoms. The molecule has 0 N–H and O–H groups in total. The van der Waals surface area contributed by atoms with Gasteiger partial charge in [0, 0.05) is 26.1 Å². The van der Waals surface area contributed by atoms with Crippen LogP contribution in [0.4, 0.5) is 0 Å². The van der Waals surface area contributed by atoms with Gasteiger partial charge >= 0.3 is 13.8 Å². The number of hydrogen-bond donors (Lipinski definition) is 0. The lowest BCUT2D eigenvalue weighted by atomic mass is 10.2. The number of rotatable bonds is 3. The molecule has 4 nitrogen and oxygen atoms in total. The van der Waals surface area contributed by atoms with Crippen LogP contribution < -0.4 is 0 Å². The van der Waals surface area contributed by atoms with Crippen molar-refractivity contribution in [1.29, 1.82) is 0 Å². The van der Waals surface area contributed by atoms with Crippen molar-refractivity contribution < 1.29 is 14.1 Å². The molecule has 1 aromatic carbocycles. The van der Waals surface area contributed by atoms with E-state index >= 15 is 0 Å². The first-order valence-corrected chi connectivity index (χ1v) is 9.29. The molecule has 1 aliphatic heterocycles. The lowest BCUT2D eigenvalue weighted by molar-refractivity contribution is -0.154. The first-order chi connectivity index (χ1) is 10.3. The minimum atomic E-state index is -1.54. The second-order valence-electron chi connectivity index (χ2n) is 6.74. The molecule has 22 heavy (non-hydrogen) atoms. The molecule has 1 saturated heterocycles. The van der Waals surface area contributed by atoms with Crippen molar-refractivity contribution in [3.05, 3.63) is 35.9 Å². The number of nitrogens with zero attached hydrogens (tertiary/aromatic N) is 1. The van der Waals surface area contributed by atoms with Gasteiger partial charge in [0.15, 0.2) is 6.16 Å². The fraction of sp³-hybridized carbons (Fsp3) is 0.588. The number of carbonyl (C=O) groups excluding carboxylic acids is 1. The summed E-state index contributed by atoms with van der Waals surface area (Å²) in [6, 6.07) is 10.2. The van der Waals surface area contributed by atoms with E-state index in [0.29, 0.717) is 12.6 Å². The molecule has 120 valence electrons. The van der Waals surface area contributed by atoms with E-state index in [1.807, 2.05) is 39.0 Å². The Hall–Kier alpha value is -1.25. The minimum absolute atomic E-state index is 0.310. The van der Waals surface area contributed by atoms with Crippen molar-refractivity contribution in [2.75, 3.05) is 19.3 Å². The van der Waals surface area contributed by atoms with Crippen LogP contribution in [-0.4, -0.2) is 41.4 Å². The van der Waals surface area contributed by atoms with Crippen LogP contribution in [0, 0.1) is 0 Å². The molecule has 0 aliphatic carbocycles. The van der Waals surface area contributed by atoms with Gasteiger partial charge in [0.25, 0.3) is 5.66 Å². The van der Waals surface area contributed by atoms with E-state index < -0.39 is 19.1 Å². The predicted molar refractivity (Wildman–Crippen MR) is 88.4 cm³/mol. The zero-order valence-corrected chi connectivity index (χ0v) is 14.5. The number of benzene rings is 1. The van der Waals surface area contributed by atoms with Gasteiger partial charge in [-0.05, 0) is 26.3 Å². The van der Waals surface area contributed by atoms with Crippen LogP contribution in [0.3, 0.4) is 0 Å². The lowest BCUT2D eigenvalue weighted by Crippen LogP contribution is -2.31. The third kappa shape index (κ3) is 5.19. The number of ether oxygens (including phenoxy) is 1. The van der Waals surface area contributed by atoms with Gasteiger partial charge in [-0.1, -0.05) is 34.9 Å². The molecule has 0 saturated carbocycles. The summed E-state index contributed by atoms with van der Waals surface area (Å²) in [6.07, 6.45) is 1.17. The van der Waals surface area contributed by atoms with Crippen LogP contribution in [0.25, 0.3) is 0 Å². The molecule has 2 unspecified atom stereocenters. The average Bonchev–Trinajstić information content (AvgIpc) is 2.61. The summed E-state index contributed by atoms with van der Waals surface area (Å²) in [5.41, 5.74) is 0.256. The summed E-state index contributed by atoms with van der Waals surface area (Å²) in [5.74, 6) is -0.310. The maximum absolute atomic E-state index is 12.4. The maximum Gasteiger partial charge on any atom is 0.358 e. The standard InChI is InChI=1S/C17H25NO3P/c1-17(2,3)21-16(19)15-9-10-18(11-12-22(15)20)13-14-7-5-4-6-8-14/h4-8,15H,9-13H2,1-3H3/q+1. The highest BCUT2D eigenvalue weighted by molar-refractivity contribution is 7.46. The van der Waals surface area contributed by atoms with Crippen molar-refractivity contribution in [2.24, 2.45) is 0 Å². The fourth-order valence-corrected chi connectivity index (χ4v) is 4.04. The number of esters is 1. The van der Waals surface area contributed by atoms with Crippen molar-refractivity contribution in [3.8, 4) is 0 Å². The first-order valence-electron chi connectivity index (χ1n) is 7.78. The second kappa shape index (κ2) is 7.34. The van der Waals surface area contributed by atoms with Gasteiger partial charge in [-0.3, -0.25) is 4.90 Å². The summed E-state index contributed by atoms with van der Waals surface area (Å²) in [6.45, 7) is 7.91. The molecule has 2 rings (SSSR count). The number of carbonyl (C=O) groups is 1. The zero-order valence-electron chi connectivity index (χ0n) is 13.6. The van der Waals surface area contributed by atoms with Crippen molar-refractivity contribution in [1.82, 2.24) is 4.90 Å². The van der Waals surface area contributed by atoms with Gasteiger partial charge in [-0.2, -0.15) is 0 Å². The predicted octanol–water partition coefficient (Wildman–Crippen LogP) is 3.43.